The molecule has 30 heavy (non-hydrogen) atoms. The maximum Gasteiger partial charge on any atom is 0.269 e. The normalized spacial score (nSPS) is 20.2. The second-order valence-corrected chi connectivity index (χ2v) is 8.42. The van der Waals surface area contributed by atoms with Gasteiger partial charge in [-0.25, -0.2) is 0 Å². The summed E-state index contributed by atoms with van der Waals surface area (Å²) in [5.74, 6) is 0.802. The molecule has 0 aliphatic carbocycles. The van der Waals surface area contributed by atoms with Gasteiger partial charge in [0.05, 0.1) is 25.1 Å². The van der Waals surface area contributed by atoms with Crippen molar-refractivity contribution in [2.24, 2.45) is 0 Å². The molecule has 1 atom stereocenters. The van der Waals surface area contributed by atoms with Crippen molar-refractivity contribution in [1.82, 2.24) is 0 Å². The summed E-state index contributed by atoms with van der Waals surface area (Å²) in [6, 6.07) is 25.0. The van der Waals surface area contributed by atoms with E-state index in [2.05, 4.69) is 0 Å². The molecule has 0 radical (unpaired) electrons. The SMILES string of the molecule is COc1ccc(N2C(=O)CS[C@@]23C(=O)N(Cc2ccccc2)c2ccccc23)cc1. The fourth-order valence-corrected chi connectivity index (χ4v) is 5.57. The molecule has 1 fully saturated rings. The van der Waals surface area contributed by atoms with Gasteiger partial charge >= 0.3 is 0 Å². The van der Waals surface area contributed by atoms with E-state index >= 15 is 0 Å². The number of fused-ring (bicyclic) bond motifs is 2. The van der Waals surface area contributed by atoms with Crippen LogP contribution in [0, 0.1) is 0 Å². The number of benzene rings is 3. The second-order valence-electron chi connectivity index (χ2n) is 7.25. The molecule has 1 spiro atoms. The highest BCUT2D eigenvalue weighted by molar-refractivity contribution is 8.02. The maximum atomic E-state index is 13.9. The van der Waals surface area contributed by atoms with Gasteiger partial charge in [0.1, 0.15) is 5.75 Å². The number of nitrogens with zero attached hydrogens (tertiary/aromatic N) is 2. The fourth-order valence-electron chi connectivity index (χ4n) is 4.21. The first-order chi connectivity index (χ1) is 14.6. The third kappa shape index (κ3) is 2.71. The number of methoxy groups -OCH3 is 1. The summed E-state index contributed by atoms with van der Waals surface area (Å²) in [5, 5.41) is 0. The molecule has 2 aliphatic heterocycles. The number of hydrogen-bond acceptors (Lipinski definition) is 4. The lowest BCUT2D eigenvalue weighted by molar-refractivity contribution is -0.123. The van der Waals surface area contributed by atoms with E-state index in [-0.39, 0.29) is 17.6 Å². The number of rotatable bonds is 4. The topological polar surface area (TPSA) is 49.9 Å². The van der Waals surface area contributed by atoms with Gasteiger partial charge in [0.2, 0.25) is 10.8 Å². The van der Waals surface area contributed by atoms with Crippen LogP contribution in [0.2, 0.25) is 0 Å². The highest BCUT2D eigenvalue weighted by Crippen LogP contribution is 2.55. The first kappa shape index (κ1) is 18.8. The lowest BCUT2D eigenvalue weighted by Gasteiger charge is -2.33. The molecule has 6 heteroatoms. The van der Waals surface area contributed by atoms with Gasteiger partial charge in [-0.05, 0) is 35.9 Å². The van der Waals surface area contributed by atoms with Gasteiger partial charge in [0.15, 0.2) is 0 Å². The summed E-state index contributed by atoms with van der Waals surface area (Å²) in [4.78, 5) is 29.3. The molecule has 2 heterocycles. The van der Waals surface area contributed by atoms with Crippen molar-refractivity contribution in [2.45, 2.75) is 11.4 Å². The molecule has 1 saturated heterocycles. The van der Waals surface area contributed by atoms with Gasteiger partial charge in [-0.15, -0.1) is 11.8 Å². The van der Waals surface area contributed by atoms with Gasteiger partial charge in [-0.1, -0.05) is 48.5 Å². The molecule has 0 bridgehead atoms. The molecule has 2 aliphatic rings. The van der Waals surface area contributed by atoms with Gasteiger partial charge < -0.3 is 9.64 Å². The molecular formula is C24H20N2O3S. The average molecular weight is 417 g/mol. The van der Waals surface area contributed by atoms with Crippen molar-refractivity contribution in [3.8, 4) is 5.75 Å². The van der Waals surface area contributed by atoms with Crippen molar-refractivity contribution < 1.29 is 14.3 Å². The fraction of sp³-hybridized carbons (Fsp3) is 0.167. The highest BCUT2D eigenvalue weighted by Gasteiger charge is 2.60. The lowest BCUT2D eigenvalue weighted by Crippen LogP contribution is -2.49. The van der Waals surface area contributed by atoms with Gasteiger partial charge in [-0.3, -0.25) is 14.5 Å². The summed E-state index contributed by atoms with van der Waals surface area (Å²) >= 11 is 1.39. The van der Waals surface area contributed by atoms with Crippen LogP contribution in [-0.2, 0) is 21.0 Å². The summed E-state index contributed by atoms with van der Waals surface area (Å²) in [5.41, 5.74) is 3.45. The van der Waals surface area contributed by atoms with E-state index in [1.807, 2.05) is 78.9 Å². The van der Waals surface area contributed by atoms with Crippen LogP contribution >= 0.6 is 11.8 Å². The molecule has 5 nitrogen and oxygen atoms in total. The Kier molecular flexibility index (Phi) is 4.51. The van der Waals surface area contributed by atoms with Crippen molar-refractivity contribution in [1.29, 1.82) is 0 Å². The predicted octanol–water partition coefficient (Wildman–Crippen LogP) is 4.17. The van der Waals surface area contributed by atoms with Gasteiger partial charge in [0.25, 0.3) is 5.91 Å². The minimum atomic E-state index is -1.09. The number of hydrogen-bond donors (Lipinski definition) is 0. The van der Waals surface area contributed by atoms with Gasteiger partial charge in [-0.2, -0.15) is 0 Å². The Bertz CT molecular complexity index is 1120. The zero-order valence-corrected chi connectivity index (χ0v) is 17.3. The zero-order chi connectivity index (χ0) is 20.7. The molecule has 5 rings (SSSR count). The molecule has 150 valence electrons. The second kappa shape index (κ2) is 7.22. The van der Waals surface area contributed by atoms with E-state index in [1.54, 1.807) is 16.9 Å². The summed E-state index contributed by atoms with van der Waals surface area (Å²) in [6.07, 6.45) is 0. The predicted molar refractivity (Wildman–Crippen MR) is 119 cm³/mol. The Morgan fingerprint density at radius 2 is 1.63 bits per heavy atom. The van der Waals surface area contributed by atoms with Crippen LogP contribution in [0.3, 0.4) is 0 Å². The van der Waals surface area contributed by atoms with Crippen LogP contribution in [0.25, 0.3) is 0 Å². The number of amides is 2. The monoisotopic (exact) mass is 416 g/mol. The minimum absolute atomic E-state index is 0.0742. The quantitative estimate of drug-likeness (QED) is 0.640. The van der Waals surface area contributed by atoms with Crippen molar-refractivity contribution >= 4 is 35.0 Å². The smallest absolute Gasteiger partial charge is 0.269 e. The Hall–Kier alpha value is -3.25. The van der Waals surface area contributed by atoms with Crippen molar-refractivity contribution in [3.63, 3.8) is 0 Å². The summed E-state index contributed by atoms with van der Waals surface area (Å²) in [6.45, 7) is 0.462. The molecule has 3 aromatic rings. The molecule has 0 unspecified atom stereocenters. The number of anilines is 2. The van der Waals surface area contributed by atoms with E-state index in [9.17, 15) is 9.59 Å². The zero-order valence-electron chi connectivity index (χ0n) is 16.4. The summed E-state index contributed by atoms with van der Waals surface area (Å²) < 4.78 is 5.25. The van der Waals surface area contributed by atoms with Crippen molar-refractivity contribution in [3.05, 3.63) is 90.0 Å². The first-order valence-electron chi connectivity index (χ1n) is 9.71. The van der Waals surface area contributed by atoms with Gasteiger partial charge in [0, 0.05) is 11.3 Å². The van der Waals surface area contributed by atoms with E-state index in [1.165, 1.54) is 11.8 Å². The Morgan fingerprint density at radius 1 is 0.933 bits per heavy atom. The number of carbonyl (C=O) groups is 2. The van der Waals surface area contributed by atoms with E-state index in [0.29, 0.717) is 18.0 Å². The highest BCUT2D eigenvalue weighted by atomic mass is 32.2. The van der Waals surface area contributed by atoms with Crippen molar-refractivity contribution in [2.75, 3.05) is 22.7 Å². The van der Waals surface area contributed by atoms with Crippen LogP contribution in [0.1, 0.15) is 11.1 Å². The molecular weight excluding hydrogens is 396 g/mol. The number of thioether (sulfide) groups is 1. The van der Waals surface area contributed by atoms with E-state index < -0.39 is 4.87 Å². The Balaban J connectivity index is 1.62. The van der Waals surface area contributed by atoms with Crippen LogP contribution in [0.5, 0.6) is 5.75 Å². The third-order valence-corrected chi connectivity index (χ3v) is 6.96. The van der Waals surface area contributed by atoms with Crippen LogP contribution < -0.4 is 14.5 Å². The standard InChI is InChI=1S/C24H20N2O3S/c1-29-19-13-11-18(12-14-19)26-22(27)16-30-24(26)20-9-5-6-10-21(20)25(23(24)28)15-17-7-3-2-4-8-17/h2-14H,15-16H2,1H3/t24-/m0/s1. The molecule has 0 saturated carbocycles. The van der Waals surface area contributed by atoms with E-state index in [4.69, 9.17) is 4.74 Å². The molecule has 2 amide bonds. The van der Waals surface area contributed by atoms with Crippen LogP contribution in [0.15, 0.2) is 78.9 Å². The van der Waals surface area contributed by atoms with Crippen LogP contribution in [0.4, 0.5) is 11.4 Å². The molecule has 0 aromatic heterocycles. The largest absolute Gasteiger partial charge is 0.497 e. The summed E-state index contributed by atoms with van der Waals surface area (Å²) in [7, 11) is 1.60. The molecule has 0 N–H and O–H groups in total. The first-order valence-corrected chi connectivity index (χ1v) is 10.7. The molecule has 3 aromatic carbocycles. The average Bonchev–Trinajstić information content (AvgIpc) is 3.26. The Morgan fingerprint density at radius 3 is 2.37 bits per heavy atom. The number of para-hydroxylation sites is 1. The maximum absolute atomic E-state index is 13.9. The number of carbonyl (C=O) groups excluding carboxylic acids is 2. The number of ether oxygens (including phenoxy) is 1. The minimum Gasteiger partial charge on any atom is -0.497 e. The Labute approximate surface area is 179 Å². The lowest BCUT2D eigenvalue weighted by atomic mass is 10.0. The van der Waals surface area contributed by atoms with E-state index in [0.717, 1.165) is 16.8 Å². The third-order valence-electron chi connectivity index (χ3n) is 5.58. The van der Waals surface area contributed by atoms with Crippen LogP contribution in [-0.4, -0.2) is 24.7 Å².